The van der Waals surface area contributed by atoms with Gasteiger partial charge in [0.1, 0.15) is 5.78 Å². The second kappa shape index (κ2) is 5.62. The van der Waals surface area contributed by atoms with Crippen LogP contribution in [0, 0.1) is 20.8 Å². The van der Waals surface area contributed by atoms with Crippen LogP contribution in [-0.4, -0.2) is 11.7 Å². The molecule has 3 nitrogen and oxygen atoms in total. The largest absolute Gasteiger partial charge is 0.326 e. The van der Waals surface area contributed by atoms with Crippen LogP contribution in [0.5, 0.6) is 0 Å². The molecular formula is C14H19NO2. The van der Waals surface area contributed by atoms with E-state index in [0.29, 0.717) is 6.42 Å². The number of carbonyl (C=O) groups is 2. The highest BCUT2D eigenvalue weighted by Crippen LogP contribution is 2.22. The SMILES string of the molecule is CC(=O)CCC(=O)Nc1c(C)cc(C)cc1C. The van der Waals surface area contributed by atoms with Crippen molar-refractivity contribution in [2.75, 3.05) is 5.32 Å². The molecule has 0 radical (unpaired) electrons. The summed E-state index contributed by atoms with van der Waals surface area (Å²) in [5, 5.41) is 2.87. The Bertz CT molecular complexity index is 427. The maximum absolute atomic E-state index is 11.6. The molecule has 0 atom stereocenters. The fourth-order valence-corrected chi connectivity index (χ4v) is 1.87. The summed E-state index contributed by atoms with van der Waals surface area (Å²) < 4.78 is 0. The van der Waals surface area contributed by atoms with Gasteiger partial charge in [-0.25, -0.2) is 0 Å². The third-order valence-corrected chi connectivity index (χ3v) is 2.65. The first kappa shape index (κ1) is 13.4. The molecule has 92 valence electrons. The molecule has 0 heterocycles. The summed E-state index contributed by atoms with van der Waals surface area (Å²) in [6.07, 6.45) is 0.553. The van der Waals surface area contributed by atoms with Gasteiger partial charge in [0.15, 0.2) is 0 Å². The van der Waals surface area contributed by atoms with Gasteiger partial charge in [0.25, 0.3) is 0 Å². The molecule has 3 heteroatoms. The number of hydrogen-bond acceptors (Lipinski definition) is 2. The molecule has 1 aromatic rings. The van der Waals surface area contributed by atoms with Gasteiger partial charge in [0.2, 0.25) is 5.91 Å². The lowest BCUT2D eigenvalue weighted by atomic mass is 10.0. The van der Waals surface area contributed by atoms with E-state index in [4.69, 9.17) is 0 Å². The topological polar surface area (TPSA) is 46.2 Å². The molecule has 0 fully saturated rings. The van der Waals surface area contributed by atoms with Gasteiger partial charge in [-0.05, 0) is 38.8 Å². The Kier molecular flexibility index (Phi) is 4.44. The maximum atomic E-state index is 11.6. The molecule has 1 rings (SSSR count). The van der Waals surface area contributed by atoms with E-state index in [-0.39, 0.29) is 18.1 Å². The van der Waals surface area contributed by atoms with Crippen LogP contribution in [0.2, 0.25) is 0 Å². The Labute approximate surface area is 102 Å². The maximum Gasteiger partial charge on any atom is 0.224 e. The lowest BCUT2D eigenvalue weighted by Gasteiger charge is -2.12. The zero-order valence-electron chi connectivity index (χ0n) is 10.9. The molecule has 0 bridgehead atoms. The average molecular weight is 233 g/mol. The molecule has 17 heavy (non-hydrogen) atoms. The summed E-state index contributed by atoms with van der Waals surface area (Å²) in [6.45, 7) is 7.47. The standard InChI is InChI=1S/C14H19NO2/c1-9-7-10(2)14(11(3)8-9)15-13(17)6-5-12(4)16/h7-8H,5-6H2,1-4H3,(H,15,17). The first-order valence-electron chi connectivity index (χ1n) is 5.77. The first-order valence-corrected chi connectivity index (χ1v) is 5.77. The molecule has 0 aliphatic heterocycles. The summed E-state index contributed by atoms with van der Waals surface area (Å²) in [6, 6.07) is 4.07. The van der Waals surface area contributed by atoms with E-state index in [2.05, 4.69) is 5.32 Å². The van der Waals surface area contributed by atoms with E-state index in [9.17, 15) is 9.59 Å². The summed E-state index contributed by atoms with van der Waals surface area (Å²) in [4.78, 5) is 22.4. The third kappa shape index (κ3) is 4.02. The molecule has 1 N–H and O–H groups in total. The molecule has 0 aliphatic carbocycles. The van der Waals surface area contributed by atoms with Gasteiger partial charge >= 0.3 is 0 Å². The normalized spacial score (nSPS) is 10.1. The van der Waals surface area contributed by atoms with Crippen LogP contribution in [0.15, 0.2) is 12.1 Å². The minimum atomic E-state index is -0.102. The van der Waals surface area contributed by atoms with Crippen molar-refractivity contribution in [1.82, 2.24) is 0 Å². The fourth-order valence-electron chi connectivity index (χ4n) is 1.87. The van der Waals surface area contributed by atoms with E-state index in [1.165, 1.54) is 12.5 Å². The van der Waals surface area contributed by atoms with Crippen LogP contribution >= 0.6 is 0 Å². The predicted octanol–water partition coefficient (Wildman–Crippen LogP) is 2.92. The minimum absolute atomic E-state index is 0.0394. The quantitative estimate of drug-likeness (QED) is 0.869. The van der Waals surface area contributed by atoms with Crippen molar-refractivity contribution in [3.8, 4) is 0 Å². The van der Waals surface area contributed by atoms with Gasteiger partial charge in [-0.3, -0.25) is 4.79 Å². The first-order chi connectivity index (χ1) is 7.90. The zero-order chi connectivity index (χ0) is 13.0. The van der Waals surface area contributed by atoms with Crippen LogP contribution in [0.3, 0.4) is 0 Å². The second-order valence-electron chi connectivity index (χ2n) is 4.52. The number of ketones is 1. The number of aryl methyl sites for hydroxylation is 3. The number of benzene rings is 1. The predicted molar refractivity (Wildman–Crippen MR) is 69.2 cm³/mol. The molecule has 0 aliphatic rings. The molecule has 0 unspecified atom stereocenters. The van der Waals surface area contributed by atoms with Gasteiger partial charge in [-0.15, -0.1) is 0 Å². The summed E-state index contributed by atoms with van der Waals surface area (Å²) >= 11 is 0. The van der Waals surface area contributed by atoms with Gasteiger partial charge in [-0.1, -0.05) is 17.7 Å². The Morgan fingerprint density at radius 2 is 1.59 bits per heavy atom. The number of Topliss-reactive ketones (excluding diaryl/α,β-unsaturated/α-hetero) is 1. The van der Waals surface area contributed by atoms with E-state index >= 15 is 0 Å². The van der Waals surface area contributed by atoms with E-state index in [1.807, 2.05) is 32.9 Å². The molecular weight excluding hydrogens is 214 g/mol. The third-order valence-electron chi connectivity index (χ3n) is 2.65. The number of carbonyl (C=O) groups excluding carboxylic acids is 2. The second-order valence-corrected chi connectivity index (χ2v) is 4.52. The van der Waals surface area contributed by atoms with Crippen LogP contribution in [0.25, 0.3) is 0 Å². The van der Waals surface area contributed by atoms with E-state index < -0.39 is 0 Å². The van der Waals surface area contributed by atoms with Crippen molar-refractivity contribution in [2.24, 2.45) is 0 Å². The Hall–Kier alpha value is -1.64. The minimum Gasteiger partial charge on any atom is -0.326 e. The molecule has 1 aromatic carbocycles. The molecule has 0 aromatic heterocycles. The summed E-state index contributed by atoms with van der Waals surface area (Å²) in [5.41, 5.74) is 4.16. The van der Waals surface area contributed by atoms with Crippen LogP contribution in [-0.2, 0) is 9.59 Å². The Morgan fingerprint density at radius 3 is 2.06 bits per heavy atom. The monoisotopic (exact) mass is 233 g/mol. The van der Waals surface area contributed by atoms with Crippen molar-refractivity contribution < 1.29 is 9.59 Å². The Balaban J connectivity index is 2.75. The highest BCUT2D eigenvalue weighted by molar-refractivity contribution is 5.94. The van der Waals surface area contributed by atoms with Crippen molar-refractivity contribution in [3.63, 3.8) is 0 Å². The van der Waals surface area contributed by atoms with Gasteiger partial charge in [-0.2, -0.15) is 0 Å². The highest BCUT2D eigenvalue weighted by Gasteiger charge is 2.08. The Morgan fingerprint density at radius 1 is 1.06 bits per heavy atom. The van der Waals surface area contributed by atoms with E-state index in [1.54, 1.807) is 0 Å². The molecule has 0 saturated heterocycles. The number of nitrogens with one attached hydrogen (secondary N) is 1. The number of hydrogen-bond donors (Lipinski definition) is 1. The lowest BCUT2D eigenvalue weighted by Crippen LogP contribution is -2.14. The highest BCUT2D eigenvalue weighted by atomic mass is 16.2. The summed E-state index contributed by atoms with van der Waals surface area (Å²) in [5.74, 6) is -0.0623. The molecule has 1 amide bonds. The van der Waals surface area contributed by atoms with Crippen LogP contribution in [0.4, 0.5) is 5.69 Å². The molecule has 0 spiro atoms. The van der Waals surface area contributed by atoms with Gasteiger partial charge < -0.3 is 10.1 Å². The zero-order valence-corrected chi connectivity index (χ0v) is 10.9. The van der Waals surface area contributed by atoms with Gasteiger partial charge in [0.05, 0.1) is 0 Å². The van der Waals surface area contributed by atoms with Crippen molar-refractivity contribution in [2.45, 2.75) is 40.5 Å². The van der Waals surface area contributed by atoms with Crippen molar-refractivity contribution in [3.05, 3.63) is 28.8 Å². The number of anilines is 1. The smallest absolute Gasteiger partial charge is 0.224 e. The number of rotatable bonds is 4. The van der Waals surface area contributed by atoms with Gasteiger partial charge in [0, 0.05) is 18.5 Å². The number of amides is 1. The molecule has 0 saturated carbocycles. The lowest BCUT2D eigenvalue weighted by molar-refractivity contribution is -0.121. The van der Waals surface area contributed by atoms with Crippen molar-refractivity contribution >= 4 is 17.4 Å². The fraction of sp³-hybridized carbons (Fsp3) is 0.429. The van der Waals surface area contributed by atoms with Crippen LogP contribution in [0.1, 0.15) is 36.5 Å². The van der Waals surface area contributed by atoms with Crippen LogP contribution < -0.4 is 5.32 Å². The van der Waals surface area contributed by atoms with E-state index in [0.717, 1.165) is 16.8 Å². The van der Waals surface area contributed by atoms with Crippen molar-refractivity contribution in [1.29, 1.82) is 0 Å². The summed E-state index contributed by atoms with van der Waals surface area (Å²) in [7, 11) is 0. The average Bonchev–Trinajstić information content (AvgIpc) is 2.20.